The second-order valence-corrected chi connectivity index (χ2v) is 11.4. The standard InChI is InChI=1S/C24H25N7O8S3/c1-11(2)37-24(35)39-12(3)38-22(34)18-13(6-4-5-7-14-9-42-30-28-14)8-40-21-17(20(33)31(18)21)27-19(32)16(29-36)15-10-41-23(25)26-15/h4-7,9-12,17,21,36H,8H2,1-3H3,(H2,25,26)(H,27,32)/b6-4+,7-5+,29-16-/t12?,17-,21-/m1/s1. The maximum absolute atomic E-state index is 13.3. The number of rotatable bonds is 10. The topological polar surface area (TPSA) is 209 Å². The Balaban J connectivity index is 1.53. The van der Waals surface area contributed by atoms with Gasteiger partial charge in [0.2, 0.25) is 6.29 Å². The number of allylic oxidation sites excluding steroid dienone is 3. The number of carbonyl (C=O) groups is 4. The average molecular weight is 636 g/mol. The first kappa shape index (κ1) is 30.7. The van der Waals surface area contributed by atoms with Gasteiger partial charge >= 0.3 is 12.1 Å². The fourth-order valence-corrected chi connectivity index (χ4v) is 6.02. The molecule has 1 unspecified atom stereocenters. The van der Waals surface area contributed by atoms with Crippen molar-refractivity contribution in [1.29, 1.82) is 0 Å². The van der Waals surface area contributed by atoms with Crippen molar-refractivity contribution in [2.75, 3.05) is 11.5 Å². The molecule has 3 atom stereocenters. The fourth-order valence-electron chi connectivity index (χ4n) is 3.74. The van der Waals surface area contributed by atoms with Gasteiger partial charge in [0.1, 0.15) is 22.8 Å². The first-order chi connectivity index (χ1) is 20.1. The molecular weight excluding hydrogens is 611 g/mol. The quantitative estimate of drug-likeness (QED) is 0.0651. The van der Waals surface area contributed by atoms with Gasteiger partial charge in [-0.15, -0.1) is 28.2 Å². The number of nitrogen functional groups attached to an aromatic ring is 1. The summed E-state index contributed by atoms with van der Waals surface area (Å²) in [6.07, 6.45) is 3.91. The number of nitrogens with two attached hydrogens (primary N) is 1. The third kappa shape index (κ3) is 7.12. The van der Waals surface area contributed by atoms with Crippen LogP contribution in [0.4, 0.5) is 9.93 Å². The largest absolute Gasteiger partial charge is 0.511 e. The Bertz CT molecular complexity index is 1470. The van der Waals surface area contributed by atoms with E-state index in [1.165, 1.54) is 40.5 Å². The van der Waals surface area contributed by atoms with Crippen LogP contribution in [-0.4, -0.2) is 83.9 Å². The van der Waals surface area contributed by atoms with Gasteiger partial charge in [0, 0.05) is 23.4 Å². The molecule has 4 rings (SSSR count). The number of thioether (sulfide) groups is 1. The predicted molar refractivity (Wildman–Crippen MR) is 153 cm³/mol. The molecule has 2 aliphatic heterocycles. The van der Waals surface area contributed by atoms with Crippen molar-refractivity contribution in [3.63, 3.8) is 0 Å². The van der Waals surface area contributed by atoms with Crippen LogP contribution in [0.5, 0.6) is 0 Å². The SMILES string of the molecule is CC(C)OC(=O)OC(C)OC(=O)C1=C(/C=C/C=C/c2csnn2)CS[C@@H]2[C@H](NC(=O)/C(=N\O)c3csc(N)n3)C(=O)N12. The molecule has 0 saturated carbocycles. The minimum atomic E-state index is -1.33. The van der Waals surface area contributed by atoms with Crippen molar-refractivity contribution in [2.45, 2.75) is 44.6 Å². The lowest BCUT2D eigenvalue weighted by molar-refractivity contribution is -0.169. The molecule has 4 heterocycles. The van der Waals surface area contributed by atoms with E-state index in [1.54, 1.807) is 43.5 Å². The Kier molecular flexibility index (Phi) is 9.92. The molecule has 2 aromatic heterocycles. The maximum atomic E-state index is 13.3. The molecule has 2 aliphatic rings. The Morgan fingerprint density at radius 3 is 2.60 bits per heavy atom. The average Bonchev–Trinajstić information content (AvgIpc) is 3.61. The van der Waals surface area contributed by atoms with Gasteiger partial charge in [0.15, 0.2) is 10.8 Å². The van der Waals surface area contributed by atoms with Gasteiger partial charge in [-0.25, -0.2) is 14.6 Å². The van der Waals surface area contributed by atoms with Gasteiger partial charge in [0.25, 0.3) is 11.8 Å². The van der Waals surface area contributed by atoms with E-state index in [9.17, 15) is 24.4 Å². The maximum Gasteiger partial charge on any atom is 0.511 e. The monoisotopic (exact) mass is 635 g/mol. The zero-order valence-corrected chi connectivity index (χ0v) is 24.8. The van der Waals surface area contributed by atoms with Crippen LogP contribution in [0.15, 0.2) is 45.4 Å². The smallest absolute Gasteiger partial charge is 0.431 e. The highest BCUT2D eigenvalue weighted by atomic mass is 32.2. The summed E-state index contributed by atoms with van der Waals surface area (Å²) in [4.78, 5) is 56.4. The molecule has 2 aromatic rings. The Morgan fingerprint density at radius 1 is 1.19 bits per heavy atom. The number of nitrogens with zero attached hydrogens (tertiary/aromatic N) is 5. The highest BCUT2D eigenvalue weighted by Crippen LogP contribution is 2.41. The summed E-state index contributed by atoms with van der Waals surface area (Å²) in [5.41, 5.74) is 6.25. The summed E-state index contributed by atoms with van der Waals surface area (Å²) in [7, 11) is 0. The van der Waals surface area contributed by atoms with Gasteiger partial charge in [-0.1, -0.05) is 27.9 Å². The van der Waals surface area contributed by atoms with Gasteiger partial charge in [-0.3, -0.25) is 14.5 Å². The zero-order valence-electron chi connectivity index (χ0n) is 22.3. The molecule has 0 radical (unpaired) electrons. The molecule has 0 aromatic carbocycles. The number of nitrogens with one attached hydrogen (secondary N) is 1. The van der Waals surface area contributed by atoms with Crippen molar-refractivity contribution in [2.24, 2.45) is 5.16 Å². The van der Waals surface area contributed by atoms with Crippen LogP contribution in [0.3, 0.4) is 0 Å². The number of esters is 1. The molecule has 0 spiro atoms. The van der Waals surface area contributed by atoms with Crippen LogP contribution in [-0.2, 0) is 28.6 Å². The van der Waals surface area contributed by atoms with Crippen molar-refractivity contribution in [3.05, 3.63) is 51.6 Å². The van der Waals surface area contributed by atoms with Gasteiger partial charge in [-0.05, 0) is 37.0 Å². The van der Waals surface area contributed by atoms with Crippen molar-refractivity contribution < 1.29 is 38.6 Å². The molecule has 0 bridgehead atoms. The number of fused-ring (bicyclic) bond motifs is 1. The molecule has 15 nitrogen and oxygen atoms in total. The number of oxime groups is 1. The third-order valence-corrected chi connectivity index (χ3v) is 7.98. The Labute approximate surface area is 251 Å². The van der Waals surface area contributed by atoms with E-state index in [2.05, 4.69) is 25.0 Å². The fraction of sp³-hybridized carbons (Fsp3) is 0.333. The summed E-state index contributed by atoms with van der Waals surface area (Å²) >= 11 is 3.54. The number of thiazole rings is 1. The van der Waals surface area contributed by atoms with E-state index in [0.29, 0.717) is 11.3 Å². The van der Waals surface area contributed by atoms with Crippen LogP contribution in [0.25, 0.3) is 6.08 Å². The summed E-state index contributed by atoms with van der Waals surface area (Å²) in [6, 6.07) is -1.05. The number of hydrogen-bond acceptors (Lipinski definition) is 16. The predicted octanol–water partition coefficient (Wildman–Crippen LogP) is 2.13. The summed E-state index contributed by atoms with van der Waals surface area (Å²) in [6.45, 7) is 4.59. The molecule has 42 heavy (non-hydrogen) atoms. The van der Waals surface area contributed by atoms with Crippen LogP contribution < -0.4 is 11.1 Å². The normalized spacial score (nSPS) is 19.6. The van der Waals surface area contributed by atoms with Crippen LogP contribution in [0, 0.1) is 0 Å². The summed E-state index contributed by atoms with van der Waals surface area (Å²) in [5.74, 6) is -2.12. The molecule has 18 heteroatoms. The molecule has 1 saturated heterocycles. The first-order valence-electron chi connectivity index (χ1n) is 12.2. The third-order valence-electron chi connectivity index (χ3n) is 5.48. The van der Waals surface area contributed by atoms with E-state index in [-0.39, 0.29) is 22.3 Å². The van der Waals surface area contributed by atoms with E-state index in [4.69, 9.17) is 19.9 Å². The number of carbonyl (C=O) groups excluding carboxylic acids is 4. The molecule has 1 fully saturated rings. The van der Waals surface area contributed by atoms with Crippen molar-refractivity contribution in [1.82, 2.24) is 24.8 Å². The molecule has 4 N–H and O–H groups in total. The number of ether oxygens (including phenoxy) is 3. The van der Waals surface area contributed by atoms with Crippen molar-refractivity contribution in [3.8, 4) is 0 Å². The van der Waals surface area contributed by atoms with Crippen LogP contribution in [0.1, 0.15) is 32.2 Å². The number of anilines is 1. The van der Waals surface area contributed by atoms with Crippen molar-refractivity contribution >= 4 is 75.5 Å². The highest BCUT2D eigenvalue weighted by molar-refractivity contribution is 8.00. The minimum Gasteiger partial charge on any atom is -0.431 e. The summed E-state index contributed by atoms with van der Waals surface area (Å²) in [5, 5.41) is 21.5. The number of aromatic nitrogens is 3. The van der Waals surface area contributed by atoms with Gasteiger partial charge < -0.3 is 30.5 Å². The van der Waals surface area contributed by atoms with E-state index < -0.39 is 53.5 Å². The lowest BCUT2D eigenvalue weighted by atomic mass is 10.0. The van der Waals surface area contributed by atoms with E-state index >= 15 is 0 Å². The molecule has 0 aliphatic carbocycles. The van der Waals surface area contributed by atoms with E-state index in [0.717, 1.165) is 11.3 Å². The second-order valence-electron chi connectivity index (χ2n) is 8.81. The minimum absolute atomic E-state index is 0.0421. The van der Waals surface area contributed by atoms with Gasteiger partial charge in [-0.2, -0.15) is 0 Å². The summed E-state index contributed by atoms with van der Waals surface area (Å²) < 4.78 is 19.0. The Hall–Kier alpha value is -4.29. The lowest BCUT2D eigenvalue weighted by Crippen LogP contribution is -2.71. The number of β-lactam (4-membered cyclic amide) rings is 1. The molecule has 2 amide bonds. The van der Waals surface area contributed by atoms with Crippen LogP contribution >= 0.6 is 34.6 Å². The number of hydrogen-bond donors (Lipinski definition) is 3. The number of amides is 2. The second kappa shape index (κ2) is 13.6. The van der Waals surface area contributed by atoms with E-state index in [1.807, 2.05) is 0 Å². The zero-order chi connectivity index (χ0) is 30.4. The molecular formula is C24H25N7O8S3. The lowest BCUT2D eigenvalue weighted by Gasteiger charge is -2.49. The van der Waals surface area contributed by atoms with Gasteiger partial charge in [0.05, 0.1) is 11.8 Å². The first-order valence-corrected chi connectivity index (χ1v) is 15.0. The Morgan fingerprint density at radius 2 is 1.95 bits per heavy atom. The highest BCUT2D eigenvalue weighted by Gasteiger charge is 2.54. The van der Waals surface area contributed by atoms with Crippen LogP contribution in [0.2, 0.25) is 0 Å². The molecule has 222 valence electrons.